The molecule has 196 valence electrons. The molecule has 13 nitrogen and oxygen atoms in total. The lowest BCUT2D eigenvalue weighted by molar-refractivity contribution is -0.147. The number of H-pyrrole nitrogens is 1. The number of hydrogen-bond acceptors (Lipinski definition) is 8. The number of aliphatic carboxylic acids is 2. The average molecular weight is 515 g/mol. The molecule has 0 radical (unpaired) electrons. The predicted octanol–water partition coefficient (Wildman–Crippen LogP) is -0.908. The van der Waals surface area contributed by atoms with E-state index in [1.165, 1.54) is 24.3 Å². The van der Waals surface area contributed by atoms with Crippen LogP contribution in [-0.2, 0) is 30.4 Å². The largest absolute Gasteiger partial charge is 0.481 e. The van der Waals surface area contributed by atoms with E-state index < -0.39 is 60.2 Å². The Kier molecular flexibility index (Phi) is 12.8. The van der Waals surface area contributed by atoms with Gasteiger partial charge in [0.05, 0.1) is 18.8 Å². The monoisotopic (exact) mass is 514 g/mol. The van der Waals surface area contributed by atoms with E-state index in [9.17, 15) is 29.1 Å². The standard InChI is InChI=1S/C21H34N6O7S/c1-11(2)6-14(19(31)27-16(21(33)34)8-17(28)29)26-20(32)15(7-12-9-23-10-24-12)25-18(30)13(22)4-5-35-3/h9-11,13-16H,4-8,22H2,1-3H3,(H,23,24)(H,25,30)(H,26,32)(H,27,31)(H,28,29)(H,33,34). The van der Waals surface area contributed by atoms with Crippen molar-refractivity contribution in [2.24, 2.45) is 11.7 Å². The fourth-order valence-corrected chi connectivity index (χ4v) is 3.59. The van der Waals surface area contributed by atoms with Gasteiger partial charge in [0.25, 0.3) is 0 Å². The number of rotatable bonds is 16. The van der Waals surface area contributed by atoms with Crippen molar-refractivity contribution in [3.05, 3.63) is 18.2 Å². The van der Waals surface area contributed by atoms with Crippen LogP contribution in [0.15, 0.2) is 12.5 Å². The van der Waals surface area contributed by atoms with Gasteiger partial charge >= 0.3 is 11.9 Å². The number of nitrogens with zero attached hydrogens (tertiary/aromatic N) is 1. The minimum atomic E-state index is -1.67. The Morgan fingerprint density at radius 3 is 2.14 bits per heavy atom. The van der Waals surface area contributed by atoms with Crippen LogP contribution in [0.2, 0.25) is 0 Å². The predicted molar refractivity (Wildman–Crippen MR) is 128 cm³/mol. The number of amides is 3. The second kappa shape index (κ2) is 15.0. The zero-order chi connectivity index (χ0) is 26.5. The van der Waals surface area contributed by atoms with Gasteiger partial charge in [-0.2, -0.15) is 11.8 Å². The maximum Gasteiger partial charge on any atom is 0.326 e. The summed E-state index contributed by atoms with van der Waals surface area (Å²) < 4.78 is 0. The highest BCUT2D eigenvalue weighted by Crippen LogP contribution is 2.08. The van der Waals surface area contributed by atoms with E-state index in [0.717, 1.165) is 0 Å². The van der Waals surface area contributed by atoms with Crippen molar-refractivity contribution in [2.75, 3.05) is 12.0 Å². The second-order valence-electron chi connectivity index (χ2n) is 8.42. The van der Waals surface area contributed by atoms with Crippen LogP contribution in [0, 0.1) is 5.92 Å². The molecule has 0 aliphatic carbocycles. The molecule has 0 aromatic carbocycles. The Morgan fingerprint density at radius 2 is 1.63 bits per heavy atom. The van der Waals surface area contributed by atoms with E-state index in [1.54, 1.807) is 13.8 Å². The number of aromatic amines is 1. The van der Waals surface area contributed by atoms with Crippen molar-refractivity contribution >= 4 is 41.4 Å². The summed E-state index contributed by atoms with van der Waals surface area (Å²) in [5, 5.41) is 25.5. The van der Waals surface area contributed by atoms with Crippen LogP contribution in [0.25, 0.3) is 0 Å². The molecule has 0 bridgehead atoms. The molecule has 1 heterocycles. The molecule has 8 N–H and O–H groups in total. The lowest BCUT2D eigenvalue weighted by Crippen LogP contribution is -2.58. The Bertz CT molecular complexity index is 864. The summed E-state index contributed by atoms with van der Waals surface area (Å²) in [7, 11) is 0. The SMILES string of the molecule is CSCCC(N)C(=O)NC(Cc1cnc[nH]1)C(=O)NC(CC(C)C)C(=O)NC(CC(=O)O)C(=O)O. The van der Waals surface area contributed by atoms with Gasteiger partial charge in [-0.25, -0.2) is 9.78 Å². The van der Waals surface area contributed by atoms with Crippen LogP contribution in [-0.4, -0.2) is 86.0 Å². The zero-order valence-electron chi connectivity index (χ0n) is 19.9. The highest BCUT2D eigenvalue weighted by molar-refractivity contribution is 7.98. The number of hydrogen-bond donors (Lipinski definition) is 7. The lowest BCUT2D eigenvalue weighted by Gasteiger charge is -2.25. The molecule has 4 atom stereocenters. The Balaban J connectivity index is 3.03. The quantitative estimate of drug-likeness (QED) is 0.144. The van der Waals surface area contributed by atoms with Crippen LogP contribution in [0.1, 0.15) is 38.8 Å². The normalized spacial score (nSPS) is 14.4. The number of thioether (sulfide) groups is 1. The molecule has 0 saturated carbocycles. The van der Waals surface area contributed by atoms with Crippen molar-refractivity contribution in [2.45, 2.75) is 63.7 Å². The number of carbonyl (C=O) groups is 5. The zero-order valence-corrected chi connectivity index (χ0v) is 20.8. The van der Waals surface area contributed by atoms with E-state index in [4.69, 9.17) is 10.8 Å². The number of carboxylic acids is 2. The highest BCUT2D eigenvalue weighted by Gasteiger charge is 2.31. The molecular formula is C21H34N6O7S. The second-order valence-corrected chi connectivity index (χ2v) is 9.40. The summed E-state index contributed by atoms with van der Waals surface area (Å²) in [6.07, 6.45) is 4.56. The Labute approximate surface area is 207 Å². The average Bonchev–Trinajstić information content (AvgIpc) is 3.28. The molecule has 0 aliphatic rings. The maximum atomic E-state index is 13.1. The van der Waals surface area contributed by atoms with Gasteiger partial charge in [0, 0.05) is 18.3 Å². The summed E-state index contributed by atoms with van der Waals surface area (Å²) in [5.74, 6) is -4.39. The first-order valence-corrected chi connectivity index (χ1v) is 12.4. The van der Waals surface area contributed by atoms with Crippen molar-refractivity contribution in [3.8, 4) is 0 Å². The third-order valence-corrected chi connectivity index (χ3v) is 5.56. The van der Waals surface area contributed by atoms with Gasteiger partial charge in [-0.15, -0.1) is 0 Å². The number of aromatic nitrogens is 2. The fraction of sp³-hybridized carbons (Fsp3) is 0.619. The number of nitrogens with two attached hydrogens (primary N) is 1. The summed E-state index contributed by atoms with van der Waals surface area (Å²) in [6, 6.07) is -4.76. The topological polar surface area (TPSA) is 217 Å². The van der Waals surface area contributed by atoms with Gasteiger partial charge in [-0.3, -0.25) is 19.2 Å². The molecule has 0 aliphatic heterocycles. The first kappa shape index (κ1) is 29.9. The van der Waals surface area contributed by atoms with Gasteiger partial charge in [0.15, 0.2) is 0 Å². The number of carboxylic acid groups (broad SMARTS) is 2. The Morgan fingerprint density at radius 1 is 1.03 bits per heavy atom. The van der Waals surface area contributed by atoms with E-state index in [0.29, 0.717) is 17.9 Å². The Hall–Kier alpha value is -3.13. The van der Waals surface area contributed by atoms with Crippen LogP contribution >= 0.6 is 11.8 Å². The van der Waals surface area contributed by atoms with Crippen molar-refractivity contribution in [1.82, 2.24) is 25.9 Å². The first-order valence-electron chi connectivity index (χ1n) is 11.0. The third kappa shape index (κ3) is 11.2. The van der Waals surface area contributed by atoms with E-state index in [1.807, 2.05) is 6.26 Å². The molecule has 1 rings (SSSR count). The van der Waals surface area contributed by atoms with Gasteiger partial charge < -0.3 is 36.9 Å². The van der Waals surface area contributed by atoms with Crippen LogP contribution in [0.5, 0.6) is 0 Å². The van der Waals surface area contributed by atoms with Crippen LogP contribution in [0.3, 0.4) is 0 Å². The first-order chi connectivity index (χ1) is 16.4. The molecule has 1 aromatic heterocycles. The summed E-state index contributed by atoms with van der Waals surface area (Å²) >= 11 is 1.53. The lowest BCUT2D eigenvalue weighted by atomic mass is 10.0. The molecule has 0 spiro atoms. The fourth-order valence-electron chi connectivity index (χ4n) is 3.10. The highest BCUT2D eigenvalue weighted by atomic mass is 32.2. The van der Waals surface area contributed by atoms with Gasteiger partial charge in [0.2, 0.25) is 17.7 Å². The van der Waals surface area contributed by atoms with Crippen molar-refractivity contribution in [1.29, 1.82) is 0 Å². The summed E-state index contributed by atoms with van der Waals surface area (Å²) in [5.41, 5.74) is 6.47. The van der Waals surface area contributed by atoms with Crippen LogP contribution < -0.4 is 21.7 Å². The van der Waals surface area contributed by atoms with Crippen LogP contribution in [0.4, 0.5) is 0 Å². The molecule has 14 heteroatoms. The van der Waals surface area contributed by atoms with Gasteiger partial charge in [-0.1, -0.05) is 13.8 Å². The minimum absolute atomic E-state index is 0.0413. The molecule has 0 fully saturated rings. The van der Waals surface area contributed by atoms with Gasteiger partial charge in [0.1, 0.15) is 18.1 Å². The van der Waals surface area contributed by atoms with E-state index in [2.05, 4.69) is 25.9 Å². The minimum Gasteiger partial charge on any atom is -0.481 e. The van der Waals surface area contributed by atoms with Gasteiger partial charge in [-0.05, 0) is 30.8 Å². The molecule has 35 heavy (non-hydrogen) atoms. The smallest absolute Gasteiger partial charge is 0.326 e. The molecule has 3 amide bonds. The number of nitrogens with one attached hydrogen (secondary N) is 4. The summed E-state index contributed by atoms with van der Waals surface area (Å²) in [4.78, 5) is 67.5. The molecule has 1 aromatic rings. The number of carbonyl (C=O) groups excluding carboxylic acids is 3. The number of imidazole rings is 1. The van der Waals surface area contributed by atoms with E-state index >= 15 is 0 Å². The molecular weight excluding hydrogens is 480 g/mol. The third-order valence-electron chi connectivity index (χ3n) is 4.92. The maximum absolute atomic E-state index is 13.1. The van der Waals surface area contributed by atoms with Crippen molar-refractivity contribution < 1.29 is 34.2 Å². The van der Waals surface area contributed by atoms with E-state index in [-0.39, 0.29) is 18.8 Å². The summed E-state index contributed by atoms with van der Waals surface area (Å²) in [6.45, 7) is 3.60. The van der Waals surface area contributed by atoms with Crippen molar-refractivity contribution in [3.63, 3.8) is 0 Å². The molecule has 4 unspecified atom stereocenters. The molecule has 0 saturated heterocycles.